The van der Waals surface area contributed by atoms with E-state index in [0.29, 0.717) is 16.8 Å². The molecule has 0 radical (unpaired) electrons. The summed E-state index contributed by atoms with van der Waals surface area (Å²) in [5, 5.41) is 9.39. The van der Waals surface area contributed by atoms with Crippen molar-refractivity contribution in [3.63, 3.8) is 0 Å². The van der Waals surface area contributed by atoms with Crippen molar-refractivity contribution in [2.75, 3.05) is 0 Å². The minimum atomic E-state index is -3.40. The van der Waals surface area contributed by atoms with Crippen molar-refractivity contribution in [1.29, 1.82) is 0 Å². The number of aliphatic hydroxyl groups is 1. The fraction of sp³-hybridized carbons (Fsp3) is 0.207. The molecule has 0 fully saturated rings. The lowest BCUT2D eigenvalue weighted by molar-refractivity contribution is -0.118. The summed E-state index contributed by atoms with van der Waals surface area (Å²) in [6, 6.07) is 20.6. The Morgan fingerprint density at radius 3 is 2.03 bits per heavy atom. The SMILES string of the molecule is CCc1ccccc1-c1nccnc1-c1ccc([C@H](C(N)=O)c2ccc(C(F)(F)[C@H](C)O)cc2)cc1. The molecule has 2 atom stereocenters. The lowest BCUT2D eigenvalue weighted by Gasteiger charge is -2.21. The molecular weight excluding hydrogens is 460 g/mol. The van der Waals surface area contributed by atoms with Crippen LogP contribution >= 0.6 is 0 Å². The Morgan fingerprint density at radius 2 is 1.47 bits per heavy atom. The van der Waals surface area contributed by atoms with Gasteiger partial charge in [0.05, 0.1) is 17.3 Å². The van der Waals surface area contributed by atoms with Crippen LogP contribution in [0, 0.1) is 0 Å². The Balaban J connectivity index is 1.68. The molecule has 0 unspecified atom stereocenters. The largest absolute Gasteiger partial charge is 0.387 e. The van der Waals surface area contributed by atoms with E-state index in [9.17, 15) is 18.7 Å². The van der Waals surface area contributed by atoms with Gasteiger partial charge in [-0.25, -0.2) is 0 Å². The summed E-state index contributed by atoms with van der Waals surface area (Å²) in [6.45, 7) is 3.12. The number of aromatic nitrogens is 2. The molecule has 0 aliphatic rings. The number of aryl methyl sites for hydroxylation is 1. The van der Waals surface area contributed by atoms with Gasteiger partial charge in [0.1, 0.15) is 6.10 Å². The maximum absolute atomic E-state index is 14.1. The molecule has 0 aliphatic heterocycles. The number of hydrogen-bond acceptors (Lipinski definition) is 4. The summed E-state index contributed by atoms with van der Waals surface area (Å²) in [7, 11) is 0. The van der Waals surface area contributed by atoms with Gasteiger partial charge < -0.3 is 10.8 Å². The number of amides is 1. The minimum absolute atomic E-state index is 0.331. The van der Waals surface area contributed by atoms with Gasteiger partial charge in [0.25, 0.3) is 5.92 Å². The van der Waals surface area contributed by atoms with Crippen LogP contribution in [0.25, 0.3) is 22.5 Å². The van der Waals surface area contributed by atoms with E-state index in [1.807, 2.05) is 30.3 Å². The van der Waals surface area contributed by atoms with Crippen LogP contribution in [0.5, 0.6) is 0 Å². The third-order valence-electron chi connectivity index (χ3n) is 6.31. The molecule has 0 saturated heterocycles. The zero-order chi connectivity index (χ0) is 25.9. The fourth-order valence-electron chi connectivity index (χ4n) is 4.30. The summed E-state index contributed by atoms with van der Waals surface area (Å²) < 4.78 is 28.3. The molecule has 1 heterocycles. The highest BCUT2D eigenvalue weighted by Gasteiger charge is 2.37. The molecular formula is C29H27F2N3O2. The molecule has 184 valence electrons. The number of nitrogens with zero attached hydrogens (tertiary/aromatic N) is 2. The van der Waals surface area contributed by atoms with E-state index in [2.05, 4.69) is 23.0 Å². The van der Waals surface area contributed by atoms with Gasteiger partial charge in [-0.2, -0.15) is 8.78 Å². The standard InChI is InChI=1S/C29H27F2N3O2/c1-3-19-6-4-5-7-24(19)27-26(33-16-17-34-27)22-10-8-20(9-11-22)25(28(32)36)21-12-14-23(15-13-21)29(30,31)18(2)35/h4-18,25,35H,3H2,1-2H3,(H2,32,36)/t18-,25-/m0/s1. The van der Waals surface area contributed by atoms with Crippen molar-refractivity contribution in [3.05, 3.63) is 107 Å². The average Bonchev–Trinajstić information content (AvgIpc) is 2.89. The van der Waals surface area contributed by atoms with Gasteiger partial charge in [0.15, 0.2) is 0 Å². The quantitative estimate of drug-likeness (QED) is 0.345. The van der Waals surface area contributed by atoms with E-state index in [4.69, 9.17) is 5.73 Å². The van der Waals surface area contributed by atoms with E-state index < -0.39 is 23.9 Å². The summed E-state index contributed by atoms with van der Waals surface area (Å²) in [6.07, 6.45) is 2.32. The smallest absolute Gasteiger partial charge is 0.298 e. The fourth-order valence-corrected chi connectivity index (χ4v) is 4.30. The number of alkyl halides is 2. The Labute approximate surface area is 208 Å². The topological polar surface area (TPSA) is 89.1 Å². The van der Waals surface area contributed by atoms with Gasteiger partial charge in [-0.3, -0.25) is 14.8 Å². The normalized spacial score (nSPS) is 13.2. The van der Waals surface area contributed by atoms with Crippen LogP contribution in [-0.4, -0.2) is 27.1 Å². The van der Waals surface area contributed by atoms with Gasteiger partial charge in [-0.05, 0) is 30.0 Å². The number of halogens is 2. The first-order valence-electron chi connectivity index (χ1n) is 11.7. The van der Waals surface area contributed by atoms with Crippen LogP contribution in [0.1, 0.15) is 42.0 Å². The average molecular weight is 488 g/mol. The molecule has 5 nitrogen and oxygen atoms in total. The number of benzene rings is 3. The van der Waals surface area contributed by atoms with E-state index in [0.717, 1.165) is 35.7 Å². The maximum Gasteiger partial charge on any atom is 0.298 e. The van der Waals surface area contributed by atoms with Gasteiger partial charge in [-0.1, -0.05) is 79.7 Å². The summed E-state index contributed by atoms with van der Waals surface area (Å²) in [4.78, 5) is 21.5. The number of carbonyl (C=O) groups is 1. The summed E-state index contributed by atoms with van der Waals surface area (Å²) in [5.74, 6) is -4.82. The molecule has 36 heavy (non-hydrogen) atoms. The number of hydrogen-bond donors (Lipinski definition) is 2. The zero-order valence-corrected chi connectivity index (χ0v) is 20.0. The van der Waals surface area contributed by atoms with E-state index >= 15 is 0 Å². The third kappa shape index (κ3) is 4.88. The first-order valence-corrected chi connectivity index (χ1v) is 11.7. The molecule has 3 N–H and O–H groups in total. The highest BCUT2D eigenvalue weighted by molar-refractivity contribution is 5.86. The molecule has 0 spiro atoms. The minimum Gasteiger partial charge on any atom is -0.387 e. The van der Waals surface area contributed by atoms with Crippen molar-refractivity contribution >= 4 is 5.91 Å². The van der Waals surface area contributed by atoms with Crippen molar-refractivity contribution in [2.45, 2.75) is 38.2 Å². The molecule has 1 aromatic heterocycles. The predicted octanol–water partition coefficient (Wildman–Crippen LogP) is 5.46. The second-order valence-corrected chi connectivity index (χ2v) is 8.64. The molecule has 0 bridgehead atoms. The van der Waals surface area contributed by atoms with Gasteiger partial charge >= 0.3 is 0 Å². The van der Waals surface area contributed by atoms with Gasteiger partial charge in [0.2, 0.25) is 5.91 Å². The Hall–Kier alpha value is -3.97. The first kappa shape index (κ1) is 25.1. The molecule has 7 heteroatoms. The van der Waals surface area contributed by atoms with E-state index in [1.54, 1.807) is 24.5 Å². The van der Waals surface area contributed by atoms with Crippen molar-refractivity contribution in [1.82, 2.24) is 9.97 Å². The first-order chi connectivity index (χ1) is 17.2. The molecule has 0 aliphatic carbocycles. The van der Waals surface area contributed by atoms with Crippen LogP contribution in [0.15, 0.2) is 85.2 Å². The molecule has 4 rings (SSSR count). The lowest BCUT2D eigenvalue weighted by atomic mass is 9.88. The molecule has 0 saturated carbocycles. The summed E-state index contributed by atoms with van der Waals surface area (Å²) >= 11 is 0. The highest BCUT2D eigenvalue weighted by atomic mass is 19.3. The predicted molar refractivity (Wildman–Crippen MR) is 135 cm³/mol. The van der Waals surface area contributed by atoms with E-state index in [-0.39, 0.29) is 5.56 Å². The number of nitrogens with two attached hydrogens (primary N) is 1. The molecule has 1 amide bonds. The van der Waals surface area contributed by atoms with Crippen LogP contribution in [0.2, 0.25) is 0 Å². The molecule has 4 aromatic rings. The van der Waals surface area contributed by atoms with Crippen LogP contribution in [-0.2, 0) is 17.1 Å². The lowest BCUT2D eigenvalue weighted by Crippen LogP contribution is -2.28. The summed E-state index contributed by atoms with van der Waals surface area (Å²) in [5.41, 5.74) is 11.0. The molecule has 3 aromatic carbocycles. The number of primary amides is 1. The highest BCUT2D eigenvalue weighted by Crippen LogP contribution is 2.35. The van der Waals surface area contributed by atoms with Gasteiger partial charge in [0, 0.05) is 29.1 Å². The van der Waals surface area contributed by atoms with Gasteiger partial charge in [-0.15, -0.1) is 0 Å². The monoisotopic (exact) mass is 487 g/mol. The van der Waals surface area contributed by atoms with Crippen molar-refractivity contribution in [3.8, 4) is 22.5 Å². The van der Waals surface area contributed by atoms with Crippen LogP contribution in [0.4, 0.5) is 8.78 Å². The number of aliphatic hydroxyl groups excluding tert-OH is 1. The second kappa shape index (κ2) is 10.3. The van der Waals surface area contributed by atoms with Crippen molar-refractivity contribution < 1.29 is 18.7 Å². The Bertz CT molecular complexity index is 1350. The zero-order valence-electron chi connectivity index (χ0n) is 20.0. The van der Waals surface area contributed by atoms with E-state index in [1.165, 1.54) is 24.3 Å². The number of carbonyl (C=O) groups excluding carboxylic acids is 1. The third-order valence-corrected chi connectivity index (χ3v) is 6.31. The van der Waals surface area contributed by atoms with Crippen LogP contribution < -0.4 is 5.73 Å². The Kier molecular flexibility index (Phi) is 7.22. The number of rotatable bonds is 8. The Morgan fingerprint density at radius 1 is 0.917 bits per heavy atom. The van der Waals surface area contributed by atoms with Crippen LogP contribution in [0.3, 0.4) is 0 Å². The maximum atomic E-state index is 14.1. The second-order valence-electron chi connectivity index (χ2n) is 8.64. The van der Waals surface area contributed by atoms with Crippen molar-refractivity contribution in [2.24, 2.45) is 5.73 Å².